The first-order valence-electron chi connectivity index (χ1n) is 10.4. The van der Waals surface area contributed by atoms with E-state index in [4.69, 9.17) is 4.74 Å². The minimum absolute atomic E-state index is 0.0591. The van der Waals surface area contributed by atoms with E-state index in [9.17, 15) is 22.7 Å². The van der Waals surface area contributed by atoms with Crippen LogP contribution in [0.2, 0.25) is 0 Å². The monoisotopic (exact) mass is 460 g/mol. The van der Waals surface area contributed by atoms with Crippen LogP contribution in [0.15, 0.2) is 65.6 Å². The molecule has 4 rings (SSSR count). The average Bonchev–Trinajstić information content (AvgIpc) is 2.79. The van der Waals surface area contributed by atoms with E-state index in [2.05, 4.69) is 10.8 Å². The van der Waals surface area contributed by atoms with Crippen molar-refractivity contribution in [3.05, 3.63) is 77.6 Å². The van der Waals surface area contributed by atoms with Gasteiger partial charge in [0.2, 0.25) is 15.9 Å². The molecule has 2 aliphatic heterocycles. The zero-order chi connectivity index (χ0) is 22.7. The SMILES string of the molecule is O=C(C[C@H]1C=C[C@H](NS(=O)(=O)c2ccc(F)cc2)[C@@H](CO)O1)N1CCc2ccccc2C1. The minimum Gasteiger partial charge on any atom is -0.394 e. The van der Waals surface area contributed by atoms with Gasteiger partial charge in [0.15, 0.2) is 0 Å². The van der Waals surface area contributed by atoms with Crippen LogP contribution in [0.3, 0.4) is 0 Å². The molecule has 0 fully saturated rings. The topological polar surface area (TPSA) is 95.9 Å². The van der Waals surface area contributed by atoms with Crippen LogP contribution in [0.25, 0.3) is 0 Å². The standard InChI is InChI=1S/C23H25FN2O5S/c24-18-5-8-20(9-6-18)32(29,30)25-21-10-7-19(31-22(21)15-27)13-23(28)26-12-11-16-3-1-2-4-17(16)14-26/h1-10,19,21-22,25,27H,11-15H2/t19-,21+,22-/m1/s1. The van der Waals surface area contributed by atoms with Gasteiger partial charge >= 0.3 is 0 Å². The number of aliphatic hydroxyl groups is 1. The van der Waals surface area contributed by atoms with E-state index in [0.717, 1.165) is 36.2 Å². The Morgan fingerprint density at radius 1 is 1.12 bits per heavy atom. The molecule has 2 N–H and O–H groups in total. The molecule has 0 unspecified atom stereocenters. The quantitative estimate of drug-likeness (QED) is 0.641. The molecule has 2 aromatic rings. The highest BCUT2D eigenvalue weighted by Crippen LogP contribution is 2.22. The summed E-state index contributed by atoms with van der Waals surface area (Å²) in [5.74, 6) is -0.598. The van der Waals surface area contributed by atoms with Gasteiger partial charge in [0.25, 0.3) is 0 Å². The maximum atomic E-state index is 13.1. The molecule has 0 bridgehead atoms. The predicted molar refractivity (Wildman–Crippen MR) is 116 cm³/mol. The van der Waals surface area contributed by atoms with Crippen LogP contribution >= 0.6 is 0 Å². The van der Waals surface area contributed by atoms with Gasteiger partial charge in [0.05, 0.1) is 30.1 Å². The summed E-state index contributed by atoms with van der Waals surface area (Å²) < 4.78 is 46.5. The van der Waals surface area contributed by atoms with Crippen molar-refractivity contribution in [3.63, 3.8) is 0 Å². The molecule has 0 spiro atoms. The lowest BCUT2D eigenvalue weighted by molar-refractivity contribution is -0.136. The fourth-order valence-corrected chi connectivity index (χ4v) is 5.20. The van der Waals surface area contributed by atoms with Crippen molar-refractivity contribution < 1.29 is 27.4 Å². The van der Waals surface area contributed by atoms with E-state index in [-0.39, 0.29) is 17.2 Å². The zero-order valence-corrected chi connectivity index (χ0v) is 18.2. The number of hydrogen-bond donors (Lipinski definition) is 2. The van der Waals surface area contributed by atoms with Crippen molar-refractivity contribution in [1.82, 2.24) is 9.62 Å². The second-order valence-corrected chi connectivity index (χ2v) is 9.63. The summed E-state index contributed by atoms with van der Waals surface area (Å²) in [5.41, 5.74) is 2.39. The van der Waals surface area contributed by atoms with Crippen LogP contribution in [0.5, 0.6) is 0 Å². The van der Waals surface area contributed by atoms with Crippen LogP contribution in [-0.2, 0) is 32.5 Å². The molecule has 1 amide bonds. The number of halogens is 1. The molecule has 9 heteroatoms. The van der Waals surface area contributed by atoms with Gasteiger partial charge in [-0.1, -0.05) is 36.4 Å². The zero-order valence-electron chi connectivity index (χ0n) is 17.4. The number of aliphatic hydroxyl groups excluding tert-OH is 1. The predicted octanol–water partition coefficient (Wildman–Crippen LogP) is 1.76. The van der Waals surface area contributed by atoms with E-state index in [0.29, 0.717) is 13.1 Å². The van der Waals surface area contributed by atoms with E-state index in [1.807, 2.05) is 18.2 Å². The fourth-order valence-electron chi connectivity index (χ4n) is 3.98. The molecule has 0 aromatic heterocycles. The van der Waals surface area contributed by atoms with Crippen molar-refractivity contribution in [2.24, 2.45) is 0 Å². The number of sulfonamides is 1. The number of nitrogens with zero attached hydrogens (tertiary/aromatic N) is 1. The third-order valence-electron chi connectivity index (χ3n) is 5.74. The maximum absolute atomic E-state index is 13.1. The van der Waals surface area contributed by atoms with Crippen molar-refractivity contribution in [3.8, 4) is 0 Å². The maximum Gasteiger partial charge on any atom is 0.241 e. The summed E-state index contributed by atoms with van der Waals surface area (Å²) in [6.07, 6.45) is 2.72. The number of benzene rings is 2. The van der Waals surface area contributed by atoms with Gasteiger partial charge in [0.1, 0.15) is 11.9 Å². The normalized spacial score (nSPS) is 23.1. The first-order chi connectivity index (χ1) is 15.4. The molecule has 0 saturated heterocycles. The largest absolute Gasteiger partial charge is 0.394 e. The number of ether oxygens (including phenoxy) is 1. The molecule has 2 aliphatic rings. The summed E-state index contributed by atoms with van der Waals surface area (Å²) in [6, 6.07) is 11.7. The Bertz CT molecular complexity index is 1100. The second kappa shape index (κ2) is 9.50. The Hall–Kier alpha value is -2.59. The minimum atomic E-state index is -3.94. The highest BCUT2D eigenvalue weighted by Gasteiger charge is 2.32. The lowest BCUT2D eigenvalue weighted by atomic mass is 9.99. The molecule has 3 atom stereocenters. The molecule has 2 aromatic carbocycles. The average molecular weight is 461 g/mol. The van der Waals surface area contributed by atoms with Crippen LogP contribution in [0.1, 0.15) is 17.5 Å². The lowest BCUT2D eigenvalue weighted by Crippen LogP contribution is -2.49. The van der Waals surface area contributed by atoms with Gasteiger partial charge in [-0.25, -0.2) is 17.5 Å². The molecule has 0 aliphatic carbocycles. The molecule has 32 heavy (non-hydrogen) atoms. The first kappa shape index (κ1) is 22.6. The highest BCUT2D eigenvalue weighted by atomic mass is 32.2. The number of carbonyl (C=O) groups excluding carboxylic acids is 1. The summed E-state index contributed by atoms with van der Waals surface area (Å²) in [4.78, 5) is 14.5. The number of nitrogens with one attached hydrogen (secondary N) is 1. The van der Waals surface area contributed by atoms with Crippen LogP contribution in [0.4, 0.5) is 4.39 Å². The van der Waals surface area contributed by atoms with Gasteiger partial charge in [-0.15, -0.1) is 0 Å². The van der Waals surface area contributed by atoms with Crippen molar-refractivity contribution >= 4 is 15.9 Å². The molecule has 0 saturated carbocycles. The Labute approximate surface area is 186 Å². The van der Waals surface area contributed by atoms with Crippen molar-refractivity contribution in [1.29, 1.82) is 0 Å². The van der Waals surface area contributed by atoms with Crippen LogP contribution in [-0.4, -0.2) is 55.7 Å². The second-order valence-electron chi connectivity index (χ2n) is 7.92. The Balaban J connectivity index is 1.39. The number of amides is 1. The van der Waals surface area contributed by atoms with Crippen molar-refractivity contribution in [2.45, 2.75) is 42.5 Å². The number of rotatable bonds is 6. The summed E-state index contributed by atoms with van der Waals surface area (Å²) in [6.45, 7) is 0.757. The van der Waals surface area contributed by atoms with Gasteiger partial charge in [-0.3, -0.25) is 4.79 Å². The molecular formula is C23H25FN2O5S. The first-order valence-corrected chi connectivity index (χ1v) is 11.9. The van der Waals surface area contributed by atoms with Crippen LogP contribution < -0.4 is 4.72 Å². The lowest BCUT2D eigenvalue weighted by Gasteiger charge is -2.33. The number of fused-ring (bicyclic) bond motifs is 1. The van der Waals surface area contributed by atoms with Crippen molar-refractivity contribution in [2.75, 3.05) is 13.2 Å². The third kappa shape index (κ3) is 5.07. The van der Waals surface area contributed by atoms with Gasteiger partial charge < -0.3 is 14.7 Å². The molecule has 0 radical (unpaired) electrons. The molecule has 2 heterocycles. The van der Waals surface area contributed by atoms with E-state index >= 15 is 0 Å². The third-order valence-corrected chi connectivity index (χ3v) is 7.21. The Morgan fingerprint density at radius 2 is 1.84 bits per heavy atom. The summed E-state index contributed by atoms with van der Waals surface area (Å²) >= 11 is 0. The number of carbonyl (C=O) groups is 1. The Morgan fingerprint density at radius 3 is 2.56 bits per heavy atom. The van der Waals surface area contributed by atoms with Crippen LogP contribution in [0, 0.1) is 5.82 Å². The van der Waals surface area contributed by atoms with Gasteiger partial charge in [0, 0.05) is 13.1 Å². The Kier molecular flexibility index (Phi) is 6.71. The van der Waals surface area contributed by atoms with E-state index in [1.165, 1.54) is 5.56 Å². The summed E-state index contributed by atoms with van der Waals surface area (Å²) in [7, 11) is -3.94. The highest BCUT2D eigenvalue weighted by molar-refractivity contribution is 7.89. The fraction of sp³-hybridized carbons (Fsp3) is 0.348. The molecular weight excluding hydrogens is 435 g/mol. The van der Waals surface area contributed by atoms with E-state index in [1.54, 1.807) is 17.1 Å². The summed E-state index contributed by atoms with van der Waals surface area (Å²) in [5, 5.41) is 9.74. The molecule has 170 valence electrons. The van der Waals surface area contributed by atoms with Gasteiger partial charge in [-0.2, -0.15) is 0 Å². The van der Waals surface area contributed by atoms with Gasteiger partial charge in [-0.05, 0) is 41.8 Å². The number of hydrogen-bond acceptors (Lipinski definition) is 5. The van der Waals surface area contributed by atoms with E-state index < -0.39 is 40.7 Å². The smallest absolute Gasteiger partial charge is 0.241 e. The molecule has 7 nitrogen and oxygen atoms in total.